The number of nitrogens with one attached hydrogen (secondary N) is 2. The first-order valence-corrected chi connectivity index (χ1v) is 9.16. The number of benzene rings is 1. The number of likely N-dealkylation sites (tertiary alicyclic amines) is 1. The molecule has 0 saturated carbocycles. The largest absolute Gasteiger partial charge is 0.339 e. The van der Waals surface area contributed by atoms with Crippen LogP contribution in [-0.4, -0.2) is 58.0 Å². The maximum absolute atomic E-state index is 14.4. The fourth-order valence-electron chi connectivity index (χ4n) is 3.93. The minimum atomic E-state index is -0.366. The van der Waals surface area contributed by atoms with Gasteiger partial charge in [-0.2, -0.15) is 10.1 Å². The molecule has 7 nitrogen and oxygen atoms in total. The summed E-state index contributed by atoms with van der Waals surface area (Å²) < 4.78 is 19.9. The normalized spacial score (nSPS) is 19.9. The lowest BCUT2D eigenvalue weighted by atomic mass is 9.94. The van der Waals surface area contributed by atoms with E-state index in [0.29, 0.717) is 22.7 Å². The average Bonchev–Trinajstić information content (AvgIpc) is 3.28. The summed E-state index contributed by atoms with van der Waals surface area (Å²) in [5.41, 5.74) is 1.10. The molecule has 2 saturated heterocycles. The zero-order valence-corrected chi connectivity index (χ0v) is 14.4. The van der Waals surface area contributed by atoms with Gasteiger partial charge in [-0.3, -0.25) is 5.10 Å². The Morgan fingerprint density at radius 3 is 2.85 bits per heavy atom. The van der Waals surface area contributed by atoms with E-state index >= 15 is 0 Å². The summed E-state index contributed by atoms with van der Waals surface area (Å²) in [6, 6.07) is 3.06. The Labute approximate surface area is 150 Å². The predicted octanol–water partition coefficient (Wildman–Crippen LogP) is 2.15. The second-order valence-corrected chi connectivity index (χ2v) is 7.31. The van der Waals surface area contributed by atoms with Crippen LogP contribution in [0.3, 0.4) is 0 Å². The van der Waals surface area contributed by atoms with E-state index in [0.717, 1.165) is 50.5 Å². The average molecular weight is 356 g/mol. The first kappa shape index (κ1) is 15.9. The van der Waals surface area contributed by atoms with E-state index in [1.165, 1.54) is 12.6 Å². The summed E-state index contributed by atoms with van der Waals surface area (Å²) in [5, 5.41) is 14.9. The molecule has 3 aromatic rings. The van der Waals surface area contributed by atoms with Gasteiger partial charge in [0.25, 0.3) is 0 Å². The fourth-order valence-corrected chi connectivity index (χ4v) is 3.93. The molecule has 0 bridgehead atoms. The first-order chi connectivity index (χ1) is 12.8. The minimum Gasteiger partial charge on any atom is -0.339 e. The number of nitrogens with zero attached hydrogens (tertiary/aromatic N) is 4. The van der Waals surface area contributed by atoms with Crippen molar-refractivity contribution in [3.05, 3.63) is 30.0 Å². The van der Waals surface area contributed by atoms with Crippen molar-refractivity contribution in [2.75, 3.05) is 32.7 Å². The Morgan fingerprint density at radius 1 is 1.23 bits per heavy atom. The Balaban J connectivity index is 1.32. The summed E-state index contributed by atoms with van der Waals surface area (Å²) in [5.74, 6) is 1.59. The number of rotatable bonds is 4. The second-order valence-electron chi connectivity index (χ2n) is 7.31. The van der Waals surface area contributed by atoms with Crippen LogP contribution in [-0.2, 0) is 0 Å². The zero-order chi connectivity index (χ0) is 17.5. The molecular formula is C18H21FN6O. The van der Waals surface area contributed by atoms with Gasteiger partial charge in [-0.1, -0.05) is 5.16 Å². The summed E-state index contributed by atoms with van der Waals surface area (Å²) in [6.07, 6.45) is 3.60. The van der Waals surface area contributed by atoms with Crippen molar-refractivity contribution >= 4 is 10.9 Å². The van der Waals surface area contributed by atoms with Crippen molar-refractivity contribution < 1.29 is 8.91 Å². The molecule has 2 aliphatic rings. The minimum absolute atomic E-state index is 0.249. The molecule has 0 aliphatic carbocycles. The highest BCUT2D eigenvalue weighted by Gasteiger charge is 2.28. The topological polar surface area (TPSA) is 82.9 Å². The molecule has 0 radical (unpaired) electrons. The standard InChI is InChI=1S/C18H21FN6O/c19-14-1-2-15-13(9-21-23-15)16(14)17-22-18(26-24-17)12-3-5-25(6-4-12)10-11-7-20-8-11/h1-2,9,11-12,20H,3-8,10H2,(H,21,23). The molecule has 4 heterocycles. The molecule has 0 atom stereocenters. The van der Waals surface area contributed by atoms with Crippen molar-refractivity contribution in [3.63, 3.8) is 0 Å². The summed E-state index contributed by atoms with van der Waals surface area (Å²) in [6.45, 7) is 5.54. The smallest absolute Gasteiger partial charge is 0.230 e. The number of piperidine rings is 1. The lowest BCUT2D eigenvalue weighted by molar-refractivity contribution is 0.149. The zero-order valence-electron chi connectivity index (χ0n) is 14.4. The second kappa shape index (κ2) is 6.44. The van der Waals surface area contributed by atoms with E-state index in [2.05, 4.69) is 30.6 Å². The Kier molecular flexibility index (Phi) is 3.94. The lowest BCUT2D eigenvalue weighted by Crippen LogP contribution is -2.49. The number of hydrogen-bond acceptors (Lipinski definition) is 6. The Morgan fingerprint density at radius 2 is 2.08 bits per heavy atom. The molecule has 2 aromatic heterocycles. The predicted molar refractivity (Wildman–Crippen MR) is 94.1 cm³/mol. The molecule has 26 heavy (non-hydrogen) atoms. The molecule has 0 spiro atoms. The van der Waals surface area contributed by atoms with Crippen LogP contribution in [0.25, 0.3) is 22.3 Å². The number of halogens is 1. The summed E-state index contributed by atoms with van der Waals surface area (Å²) in [7, 11) is 0. The quantitative estimate of drug-likeness (QED) is 0.745. The van der Waals surface area contributed by atoms with Gasteiger partial charge in [0.15, 0.2) is 0 Å². The van der Waals surface area contributed by atoms with Crippen LogP contribution >= 0.6 is 0 Å². The van der Waals surface area contributed by atoms with Crippen LogP contribution in [0.1, 0.15) is 24.7 Å². The molecule has 1 aromatic carbocycles. The molecule has 2 aliphatic heterocycles. The van der Waals surface area contributed by atoms with Crippen molar-refractivity contribution in [1.82, 2.24) is 30.6 Å². The third kappa shape index (κ3) is 2.79. The fraction of sp³-hybridized carbons (Fsp3) is 0.500. The van der Waals surface area contributed by atoms with E-state index < -0.39 is 0 Å². The molecular weight excluding hydrogens is 335 g/mol. The number of H-pyrrole nitrogens is 1. The monoisotopic (exact) mass is 356 g/mol. The maximum Gasteiger partial charge on any atom is 0.230 e. The number of aromatic amines is 1. The van der Waals surface area contributed by atoms with Gasteiger partial charge in [-0.05, 0) is 44.0 Å². The van der Waals surface area contributed by atoms with E-state index in [1.807, 2.05) is 0 Å². The van der Waals surface area contributed by atoms with Crippen LogP contribution in [0.2, 0.25) is 0 Å². The molecule has 5 rings (SSSR count). The van der Waals surface area contributed by atoms with Crippen molar-refractivity contribution in [1.29, 1.82) is 0 Å². The molecule has 2 fully saturated rings. The Hall–Kier alpha value is -2.32. The lowest BCUT2D eigenvalue weighted by Gasteiger charge is -2.36. The van der Waals surface area contributed by atoms with Crippen LogP contribution in [0, 0.1) is 11.7 Å². The highest BCUT2D eigenvalue weighted by molar-refractivity contribution is 5.92. The van der Waals surface area contributed by atoms with Gasteiger partial charge in [0.2, 0.25) is 11.7 Å². The Bertz CT molecular complexity index is 909. The van der Waals surface area contributed by atoms with E-state index in [-0.39, 0.29) is 11.7 Å². The number of hydrogen-bond donors (Lipinski definition) is 2. The maximum atomic E-state index is 14.4. The van der Waals surface area contributed by atoms with E-state index in [1.54, 1.807) is 12.3 Å². The molecule has 0 unspecified atom stereocenters. The van der Waals surface area contributed by atoms with Gasteiger partial charge in [-0.15, -0.1) is 0 Å². The summed E-state index contributed by atoms with van der Waals surface area (Å²) in [4.78, 5) is 7.04. The molecule has 0 amide bonds. The van der Waals surface area contributed by atoms with Gasteiger partial charge >= 0.3 is 0 Å². The molecule has 136 valence electrons. The van der Waals surface area contributed by atoms with Crippen LogP contribution in [0.5, 0.6) is 0 Å². The van der Waals surface area contributed by atoms with Gasteiger partial charge in [0, 0.05) is 30.9 Å². The molecule has 2 N–H and O–H groups in total. The number of aromatic nitrogens is 4. The van der Waals surface area contributed by atoms with Crippen LogP contribution in [0.15, 0.2) is 22.9 Å². The first-order valence-electron chi connectivity index (χ1n) is 9.16. The molecule has 8 heteroatoms. The van der Waals surface area contributed by atoms with E-state index in [4.69, 9.17) is 4.52 Å². The van der Waals surface area contributed by atoms with Crippen LogP contribution in [0.4, 0.5) is 4.39 Å². The van der Waals surface area contributed by atoms with Gasteiger partial charge in [-0.25, -0.2) is 4.39 Å². The van der Waals surface area contributed by atoms with Crippen LogP contribution < -0.4 is 5.32 Å². The van der Waals surface area contributed by atoms with Crippen molar-refractivity contribution in [3.8, 4) is 11.4 Å². The van der Waals surface area contributed by atoms with Crippen molar-refractivity contribution in [2.24, 2.45) is 5.92 Å². The highest BCUT2D eigenvalue weighted by Crippen LogP contribution is 2.32. The van der Waals surface area contributed by atoms with Crippen molar-refractivity contribution in [2.45, 2.75) is 18.8 Å². The highest BCUT2D eigenvalue weighted by atomic mass is 19.1. The van der Waals surface area contributed by atoms with E-state index in [9.17, 15) is 4.39 Å². The van der Waals surface area contributed by atoms with Gasteiger partial charge in [0.05, 0.1) is 17.3 Å². The summed E-state index contributed by atoms with van der Waals surface area (Å²) >= 11 is 0. The SMILES string of the molecule is Fc1ccc2[nH]ncc2c1-c1noc(C2CCN(CC3CNC3)CC2)n1. The number of fused-ring (bicyclic) bond motifs is 1. The third-order valence-corrected chi connectivity index (χ3v) is 5.56. The van der Waals surface area contributed by atoms with Gasteiger partial charge in [0.1, 0.15) is 5.82 Å². The van der Waals surface area contributed by atoms with Gasteiger partial charge < -0.3 is 14.7 Å². The third-order valence-electron chi connectivity index (χ3n) is 5.56.